The smallest absolute Gasteiger partial charge is 0.352 e. The van der Waals surface area contributed by atoms with Crippen LogP contribution in [0.5, 0.6) is 5.88 Å². The van der Waals surface area contributed by atoms with Crippen LogP contribution < -0.4 is 15.1 Å². The van der Waals surface area contributed by atoms with Crippen molar-refractivity contribution in [3.05, 3.63) is 16.8 Å². The van der Waals surface area contributed by atoms with Crippen LogP contribution in [0.3, 0.4) is 0 Å². The summed E-state index contributed by atoms with van der Waals surface area (Å²) in [7, 11) is -3.10. The van der Waals surface area contributed by atoms with Crippen molar-refractivity contribution in [2.24, 2.45) is 0 Å². The van der Waals surface area contributed by atoms with E-state index in [-0.39, 0.29) is 5.69 Å². The Balaban J connectivity index is 2.28. The minimum atomic E-state index is -1.89. The van der Waals surface area contributed by atoms with E-state index < -0.39 is 16.6 Å². The minimum Gasteiger partial charge on any atom is -0.530 e. The molecule has 0 radical (unpaired) electrons. The minimum absolute atomic E-state index is 0.276. The van der Waals surface area contributed by atoms with E-state index in [0.717, 1.165) is 37.9 Å². The van der Waals surface area contributed by atoms with Gasteiger partial charge in [0.2, 0.25) is 14.2 Å². The Morgan fingerprint density at radius 3 is 2.41 bits per heavy atom. The molecule has 9 heteroatoms. The number of aromatic nitrogens is 4. The molecule has 2 aromatic rings. The van der Waals surface area contributed by atoms with Gasteiger partial charge in [-0.25, -0.2) is 9.78 Å². The molecule has 0 saturated carbocycles. The van der Waals surface area contributed by atoms with E-state index in [2.05, 4.69) is 58.8 Å². The monoisotopic (exact) mass is 409 g/mol. The summed E-state index contributed by atoms with van der Waals surface area (Å²) in [4.78, 5) is 24.9. The van der Waals surface area contributed by atoms with Gasteiger partial charge in [0.05, 0.1) is 6.33 Å². The van der Waals surface area contributed by atoms with Crippen LogP contribution in [0, 0.1) is 0 Å². The van der Waals surface area contributed by atoms with Crippen molar-refractivity contribution >= 4 is 27.7 Å². The predicted octanol–water partition coefficient (Wildman–Crippen LogP) is 3.42. The van der Waals surface area contributed by atoms with E-state index in [1.54, 1.807) is 4.57 Å². The first kappa shape index (κ1) is 21.8. The molecule has 7 nitrogen and oxygen atoms in total. The molecule has 0 fully saturated rings. The molecule has 0 aliphatic carbocycles. The first-order chi connectivity index (χ1) is 12.5. The first-order valence-electron chi connectivity index (χ1n) is 9.91. The highest BCUT2D eigenvalue weighted by Gasteiger charge is 2.23. The van der Waals surface area contributed by atoms with Gasteiger partial charge in [0.15, 0.2) is 5.65 Å². The summed E-state index contributed by atoms with van der Waals surface area (Å²) in [5, 5.41) is 0. The van der Waals surface area contributed by atoms with Crippen LogP contribution in [-0.4, -0.2) is 42.2 Å². The van der Waals surface area contributed by atoms with Crippen LogP contribution in [0.15, 0.2) is 11.1 Å². The Morgan fingerprint density at radius 2 is 1.81 bits per heavy atom. The standard InChI is InChI=1S/C18H35N5O2Si2/c1-8-12-23-16-15(17(21-18(23)24)25-27(5,6)7)22(14-19-16)13-10-9-11-20-26(2,3)4/h14,20H,8-13H2,1-7H3. The third kappa shape index (κ3) is 6.29. The molecule has 0 atom stereocenters. The fourth-order valence-electron chi connectivity index (χ4n) is 2.90. The van der Waals surface area contributed by atoms with E-state index in [9.17, 15) is 4.79 Å². The summed E-state index contributed by atoms with van der Waals surface area (Å²) >= 11 is 0. The normalized spacial score (nSPS) is 12.7. The summed E-state index contributed by atoms with van der Waals surface area (Å²) in [5.74, 6) is 0.444. The third-order valence-electron chi connectivity index (χ3n) is 4.04. The highest BCUT2D eigenvalue weighted by atomic mass is 28.4. The molecule has 0 aliphatic rings. The molecule has 152 valence electrons. The molecule has 1 N–H and O–H groups in total. The zero-order chi connectivity index (χ0) is 20.2. The Hall–Kier alpha value is -1.46. The second kappa shape index (κ2) is 8.70. The molecule has 0 spiro atoms. The van der Waals surface area contributed by atoms with Crippen LogP contribution in [0.2, 0.25) is 39.3 Å². The van der Waals surface area contributed by atoms with Crippen molar-refractivity contribution in [1.82, 2.24) is 24.1 Å². The highest BCUT2D eigenvalue weighted by Crippen LogP contribution is 2.24. The summed E-state index contributed by atoms with van der Waals surface area (Å²) in [6, 6.07) is 0. The lowest BCUT2D eigenvalue weighted by molar-refractivity contribution is 0.520. The van der Waals surface area contributed by atoms with E-state index in [1.807, 2.05) is 13.3 Å². The SMILES string of the molecule is CCCn1c(=O)nc(O[Si](C)(C)C)c2c1ncn2CCCCN[Si](C)(C)C. The summed E-state index contributed by atoms with van der Waals surface area (Å²) in [6.45, 7) is 17.8. The maximum atomic E-state index is 12.5. The maximum Gasteiger partial charge on any atom is 0.352 e. The van der Waals surface area contributed by atoms with Crippen molar-refractivity contribution < 1.29 is 4.43 Å². The van der Waals surface area contributed by atoms with Crippen LogP contribution >= 0.6 is 0 Å². The second-order valence-corrected chi connectivity index (χ2v) is 18.3. The van der Waals surface area contributed by atoms with E-state index in [0.29, 0.717) is 18.1 Å². The zero-order valence-corrected chi connectivity index (χ0v) is 19.9. The molecule has 2 heterocycles. The molecule has 0 aromatic carbocycles. The Labute approximate surface area is 164 Å². The van der Waals surface area contributed by atoms with Gasteiger partial charge in [-0.1, -0.05) is 26.6 Å². The third-order valence-corrected chi connectivity index (χ3v) is 6.15. The molecule has 0 unspecified atom stereocenters. The Bertz CT molecular complexity index is 818. The largest absolute Gasteiger partial charge is 0.530 e. The lowest BCUT2D eigenvalue weighted by Crippen LogP contribution is -2.41. The van der Waals surface area contributed by atoms with E-state index >= 15 is 0 Å². The van der Waals surface area contributed by atoms with Crippen molar-refractivity contribution in [3.8, 4) is 5.88 Å². The molecule has 27 heavy (non-hydrogen) atoms. The van der Waals surface area contributed by atoms with E-state index in [1.165, 1.54) is 0 Å². The number of nitrogens with zero attached hydrogens (tertiary/aromatic N) is 4. The number of imidazole rings is 1. The average Bonchev–Trinajstić information content (AvgIpc) is 2.92. The van der Waals surface area contributed by atoms with Crippen LogP contribution in [0.4, 0.5) is 0 Å². The molecular formula is C18H35N5O2Si2. The fraction of sp³-hybridized carbons (Fsp3) is 0.722. The highest BCUT2D eigenvalue weighted by molar-refractivity contribution is 6.73. The molecule has 0 saturated heterocycles. The zero-order valence-electron chi connectivity index (χ0n) is 17.9. The molecule has 2 aromatic heterocycles. The Kier molecular flexibility index (Phi) is 7.04. The first-order valence-corrected chi connectivity index (χ1v) is 16.8. The Morgan fingerprint density at radius 1 is 1.11 bits per heavy atom. The topological polar surface area (TPSA) is 74.0 Å². The van der Waals surface area contributed by atoms with Crippen LogP contribution in [0.1, 0.15) is 26.2 Å². The van der Waals surface area contributed by atoms with Crippen LogP contribution in [-0.2, 0) is 13.1 Å². The maximum absolute atomic E-state index is 12.5. The number of unbranched alkanes of at least 4 members (excludes halogenated alkanes) is 1. The lowest BCUT2D eigenvalue weighted by Gasteiger charge is -2.20. The number of nitrogens with one attached hydrogen (secondary N) is 1. The van der Waals surface area contributed by atoms with Gasteiger partial charge in [-0.3, -0.25) is 4.57 Å². The van der Waals surface area contributed by atoms with Gasteiger partial charge in [0, 0.05) is 13.1 Å². The summed E-state index contributed by atoms with van der Waals surface area (Å²) in [6.07, 6.45) is 4.83. The van der Waals surface area contributed by atoms with Crippen molar-refractivity contribution in [2.45, 2.75) is 78.6 Å². The van der Waals surface area contributed by atoms with Gasteiger partial charge >= 0.3 is 5.69 Å². The fourth-order valence-corrected chi connectivity index (χ4v) is 4.55. The van der Waals surface area contributed by atoms with Crippen molar-refractivity contribution in [3.63, 3.8) is 0 Å². The summed E-state index contributed by atoms with van der Waals surface area (Å²) < 4.78 is 9.90. The number of hydrogen-bond acceptors (Lipinski definition) is 5. The van der Waals surface area contributed by atoms with Gasteiger partial charge in [-0.15, -0.1) is 0 Å². The molecule has 0 amide bonds. The predicted molar refractivity (Wildman–Crippen MR) is 117 cm³/mol. The quantitative estimate of drug-likeness (QED) is 0.481. The number of fused-ring (bicyclic) bond motifs is 1. The number of rotatable bonds is 10. The lowest BCUT2D eigenvalue weighted by atomic mass is 10.3. The van der Waals surface area contributed by atoms with Gasteiger partial charge in [0.1, 0.15) is 13.8 Å². The van der Waals surface area contributed by atoms with Gasteiger partial charge in [-0.2, -0.15) is 4.98 Å². The van der Waals surface area contributed by atoms with Crippen molar-refractivity contribution in [1.29, 1.82) is 0 Å². The molecular weight excluding hydrogens is 374 g/mol. The van der Waals surface area contributed by atoms with Gasteiger partial charge < -0.3 is 14.0 Å². The van der Waals surface area contributed by atoms with Crippen molar-refractivity contribution in [2.75, 3.05) is 6.54 Å². The summed E-state index contributed by atoms with van der Waals surface area (Å²) in [5.41, 5.74) is 1.26. The number of aryl methyl sites for hydroxylation is 2. The number of hydrogen-bond donors (Lipinski definition) is 1. The van der Waals surface area contributed by atoms with Gasteiger partial charge in [-0.05, 0) is 45.4 Å². The molecule has 0 aliphatic heterocycles. The average molecular weight is 410 g/mol. The second-order valence-electron chi connectivity index (χ2n) is 9.06. The van der Waals surface area contributed by atoms with Gasteiger partial charge in [0.25, 0.3) is 0 Å². The van der Waals surface area contributed by atoms with Crippen LogP contribution in [0.25, 0.3) is 11.2 Å². The molecule has 0 bridgehead atoms. The van der Waals surface area contributed by atoms with E-state index in [4.69, 9.17) is 4.43 Å². The molecule has 2 rings (SSSR count).